The lowest BCUT2D eigenvalue weighted by atomic mass is 9.86. The van der Waals surface area contributed by atoms with Gasteiger partial charge < -0.3 is 14.6 Å². The number of hydrogen-bond donors (Lipinski definition) is 1. The highest BCUT2D eigenvalue weighted by Gasteiger charge is 2.20. The zero-order valence-corrected chi connectivity index (χ0v) is 12.5. The lowest BCUT2D eigenvalue weighted by Crippen LogP contribution is -2.20. The number of ether oxygens (including phenoxy) is 2. The Morgan fingerprint density at radius 3 is 2.75 bits per heavy atom. The van der Waals surface area contributed by atoms with Gasteiger partial charge in [-0.2, -0.15) is 0 Å². The van der Waals surface area contributed by atoms with E-state index in [2.05, 4.69) is 11.9 Å². The normalized spacial score (nSPS) is 14.9. The zero-order chi connectivity index (χ0) is 14.4. The van der Waals surface area contributed by atoms with Gasteiger partial charge in [0, 0.05) is 11.8 Å². The Morgan fingerprint density at radius 1 is 1.35 bits per heavy atom. The summed E-state index contributed by atoms with van der Waals surface area (Å²) in [5.74, 6) is 1.91. The fourth-order valence-corrected chi connectivity index (χ4v) is 2.22. The first-order chi connectivity index (χ1) is 9.74. The Balaban J connectivity index is 2.07. The van der Waals surface area contributed by atoms with E-state index in [4.69, 9.17) is 9.47 Å². The molecule has 1 saturated carbocycles. The van der Waals surface area contributed by atoms with Crippen LogP contribution in [0.25, 0.3) is 0 Å². The van der Waals surface area contributed by atoms with Crippen LogP contribution in [0.1, 0.15) is 50.3 Å². The molecule has 1 aromatic heterocycles. The molecule has 0 saturated heterocycles. The molecule has 2 rings (SSSR count). The first-order valence-electron chi connectivity index (χ1n) is 7.61. The predicted molar refractivity (Wildman–Crippen MR) is 78.1 cm³/mol. The molecule has 0 bridgehead atoms. The summed E-state index contributed by atoms with van der Waals surface area (Å²) in [4.78, 5) is 4.38. The number of hydrogen-bond acceptors (Lipinski definition) is 4. The van der Waals surface area contributed by atoms with Crippen molar-refractivity contribution in [2.24, 2.45) is 5.92 Å². The molecule has 4 nitrogen and oxygen atoms in total. The molecule has 1 heterocycles. The van der Waals surface area contributed by atoms with Crippen LogP contribution in [0, 0.1) is 12.8 Å². The second-order valence-corrected chi connectivity index (χ2v) is 5.51. The maximum absolute atomic E-state index is 9.58. The Hall–Kier alpha value is -1.29. The molecule has 1 aliphatic carbocycles. The maximum atomic E-state index is 9.58. The Kier molecular flexibility index (Phi) is 5.65. The van der Waals surface area contributed by atoms with E-state index in [1.165, 1.54) is 19.3 Å². The van der Waals surface area contributed by atoms with Gasteiger partial charge in [-0.15, -0.1) is 0 Å². The molecule has 1 aliphatic rings. The van der Waals surface area contributed by atoms with Gasteiger partial charge in [0.25, 0.3) is 0 Å². The number of aromatic nitrogens is 1. The van der Waals surface area contributed by atoms with E-state index < -0.39 is 0 Å². The highest BCUT2D eigenvalue weighted by molar-refractivity contribution is 5.41. The smallest absolute Gasteiger partial charge is 0.222 e. The molecule has 1 aromatic rings. The van der Waals surface area contributed by atoms with Crippen molar-refractivity contribution in [3.63, 3.8) is 0 Å². The zero-order valence-electron chi connectivity index (χ0n) is 12.5. The van der Waals surface area contributed by atoms with Gasteiger partial charge in [0.2, 0.25) is 5.88 Å². The van der Waals surface area contributed by atoms with E-state index in [-0.39, 0.29) is 6.61 Å². The molecule has 20 heavy (non-hydrogen) atoms. The summed E-state index contributed by atoms with van der Waals surface area (Å²) in [6, 6.07) is 1.89. The van der Waals surface area contributed by atoms with Gasteiger partial charge in [-0.3, -0.25) is 0 Å². The molecule has 4 heteroatoms. The number of pyridine rings is 1. The molecule has 0 aromatic carbocycles. The van der Waals surface area contributed by atoms with Crippen LogP contribution < -0.4 is 9.47 Å². The van der Waals surface area contributed by atoms with Gasteiger partial charge in [0.15, 0.2) is 0 Å². The van der Waals surface area contributed by atoms with Crippen LogP contribution in [0.4, 0.5) is 0 Å². The van der Waals surface area contributed by atoms with Crippen LogP contribution in [0.5, 0.6) is 11.6 Å². The van der Waals surface area contributed by atoms with Crippen LogP contribution in [-0.2, 0) is 6.61 Å². The van der Waals surface area contributed by atoms with Crippen molar-refractivity contribution in [2.75, 3.05) is 13.2 Å². The highest BCUT2D eigenvalue weighted by Crippen LogP contribution is 2.31. The summed E-state index contributed by atoms with van der Waals surface area (Å²) < 4.78 is 11.6. The predicted octanol–water partition coefficient (Wildman–Crippen LogP) is 3.24. The molecular weight excluding hydrogens is 254 g/mol. The van der Waals surface area contributed by atoms with Crippen LogP contribution in [-0.4, -0.2) is 23.3 Å². The largest absolute Gasteiger partial charge is 0.493 e. The van der Waals surface area contributed by atoms with Gasteiger partial charge in [0.05, 0.1) is 25.4 Å². The SMILES string of the molecule is CCCCOc1nc(C)cc(OCC2CCC2)c1CO. The lowest BCUT2D eigenvalue weighted by molar-refractivity contribution is 0.173. The monoisotopic (exact) mass is 279 g/mol. The highest BCUT2D eigenvalue weighted by atomic mass is 16.5. The number of aliphatic hydroxyl groups excluding tert-OH is 1. The molecular formula is C16H25NO3. The third-order valence-electron chi connectivity index (χ3n) is 3.77. The van der Waals surface area contributed by atoms with E-state index in [0.29, 0.717) is 24.0 Å². The summed E-state index contributed by atoms with van der Waals surface area (Å²) >= 11 is 0. The molecule has 0 atom stereocenters. The second kappa shape index (κ2) is 7.48. The van der Waals surface area contributed by atoms with Gasteiger partial charge in [-0.1, -0.05) is 19.8 Å². The van der Waals surface area contributed by atoms with Crippen molar-refractivity contribution in [3.05, 3.63) is 17.3 Å². The van der Waals surface area contributed by atoms with Crippen molar-refractivity contribution in [1.29, 1.82) is 0 Å². The molecule has 1 N–H and O–H groups in total. The van der Waals surface area contributed by atoms with Crippen molar-refractivity contribution in [2.45, 2.75) is 52.6 Å². The van der Waals surface area contributed by atoms with Crippen molar-refractivity contribution in [3.8, 4) is 11.6 Å². The van der Waals surface area contributed by atoms with E-state index in [9.17, 15) is 5.11 Å². The maximum Gasteiger partial charge on any atom is 0.222 e. The molecule has 112 valence electrons. The summed E-state index contributed by atoms with van der Waals surface area (Å²) in [5.41, 5.74) is 1.53. The number of aliphatic hydroxyl groups is 1. The quantitative estimate of drug-likeness (QED) is 0.742. The van der Waals surface area contributed by atoms with Crippen LogP contribution in [0.15, 0.2) is 6.07 Å². The summed E-state index contributed by atoms with van der Waals surface area (Å²) in [6.07, 6.45) is 5.86. The lowest BCUT2D eigenvalue weighted by Gasteiger charge is -2.26. The van der Waals surface area contributed by atoms with Crippen molar-refractivity contribution >= 4 is 0 Å². The van der Waals surface area contributed by atoms with Crippen molar-refractivity contribution in [1.82, 2.24) is 4.98 Å². The number of rotatable bonds is 8. The van der Waals surface area contributed by atoms with Gasteiger partial charge in [-0.05, 0) is 32.1 Å². The molecule has 1 fully saturated rings. The summed E-state index contributed by atoms with van der Waals surface area (Å²) in [6.45, 7) is 5.29. The van der Waals surface area contributed by atoms with E-state index in [1.54, 1.807) is 0 Å². The third-order valence-corrected chi connectivity index (χ3v) is 3.77. The average Bonchev–Trinajstić information content (AvgIpc) is 2.37. The molecule has 0 amide bonds. The number of aryl methyl sites for hydroxylation is 1. The average molecular weight is 279 g/mol. The topological polar surface area (TPSA) is 51.6 Å². The Labute approximate surface area is 121 Å². The number of nitrogens with zero attached hydrogens (tertiary/aromatic N) is 1. The second-order valence-electron chi connectivity index (χ2n) is 5.51. The number of unbranched alkanes of at least 4 members (excludes halogenated alkanes) is 1. The minimum atomic E-state index is -0.102. The van der Waals surface area contributed by atoms with Crippen LogP contribution in [0.2, 0.25) is 0 Å². The van der Waals surface area contributed by atoms with Gasteiger partial charge in [0.1, 0.15) is 5.75 Å². The minimum Gasteiger partial charge on any atom is -0.493 e. The summed E-state index contributed by atoms with van der Waals surface area (Å²) in [5, 5.41) is 9.58. The van der Waals surface area contributed by atoms with Crippen molar-refractivity contribution < 1.29 is 14.6 Å². The van der Waals surface area contributed by atoms with Crippen LogP contribution in [0.3, 0.4) is 0 Å². The first kappa shape index (κ1) is 15.1. The molecule has 0 spiro atoms. The van der Waals surface area contributed by atoms with Gasteiger partial charge in [-0.25, -0.2) is 4.98 Å². The fourth-order valence-electron chi connectivity index (χ4n) is 2.22. The Bertz CT molecular complexity index is 430. The van der Waals surface area contributed by atoms with Gasteiger partial charge >= 0.3 is 0 Å². The van der Waals surface area contributed by atoms with Crippen LogP contribution >= 0.6 is 0 Å². The molecule has 0 radical (unpaired) electrons. The summed E-state index contributed by atoms with van der Waals surface area (Å²) in [7, 11) is 0. The standard InChI is InChI=1S/C16H25NO3/c1-3-4-8-19-16-14(10-18)15(9-12(2)17-16)20-11-13-6-5-7-13/h9,13,18H,3-8,10-11H2,1-2H3. The third kappa shape index (κ3) is 3.85. The van der Waals surface area contributed by atoms with E-state index >= 15 is 0 Å². The van der Waals surface area contributed by atoms with E-state index in [0.717, 1.165) is 30.9 Å². The first-order valence-corrected chi connectivity index (χ1v) is 7.61. The minimum absolute atomic E-state index is 0.102. The molecule has 0 unspecified atom stereocenters. The Morgan fingerprint density at radius 2 is 2.15 bits per heavy atom. The van der Waals surface area contributed by atoms with E-state index in [1.807, 2.05) is 13.0 Å². The molecule has 0 aliphatic heterocycles. The fraction of sp³-hybridized carbons (Fsp3) is 0.688.